The molecule has 29 heavy (non-hydrogen) atoms. The summed E-state index contributed by atoms with van der Waals surface area (Å²) in [5.74, 6) is 2.84. The number of fused-ring (bicyclic) bond motifs is 2. The number of ether oxygens (including phenoxy) is 1. The third-order valence-electron chi connectivity index (χ3n) is 6.65. The second kappa shape index (κ2) is 6.01. The molecule has 1 atom stereocenters. The molecule has 150 valence electrons. The van der Waals surface area contributed by atoms with Gasteiger partial charge in [0.15, 0.2) is 22.9 Å². The number of carbonyl (C=O) groups excluding carboxylic acids is 1. The molecule has 9 nitrogen and oxygen atoms in total. The van der Waals surface area contributed by atoms with E-state index >= 15 is 0 Å². The van der Waals surface area contributed by atoms with Crippen LogP contribution in [0.15, 0.2) is 4.52 Å². The Morgan fingerprint density at radius 3 is 2.93 bits per heavy atom. The highest BCUT2D eigenvalue weighted by atomic mass is 16.5. The summed E-state index contributed by atoms with van der Waals surface area (Å²) in [6, 6.07) is 0. The fourth-order valence-corrected chi connectivity index (χ4v) is 5.13. The van der Waals surface area contributed by atoms with E-state index in [1.54, 1.807) is 0 Å². The van der Waals surface area contributed by atoms with Gasteiger partial charge in [-0.3, -0.25) is 9.89 Å². The highest BCUT2D eigenvalue weighted by Crippen LogP contribution is 2.47. The lowest BCUT2D eigenvalue weighted by Gasteiger charge is -2.36. The molecule has 1 saturated carbocycles. The van der Waals surface area contributed by atoms with E-state index in [1.165, 1.54) is 0 Å². The minimum Gasteiger partial charge on any atom is -0.474 e. The number of anilines is 1. The number of aromatic nitrogens is 5. The first-order valence-electron chi connectivity index (χ1n) is 10.3. The minimum absolute atomic E-state index is 0.297. The summed E-state index contributed by atoms with van der Waals surface area (Å²) in [5.41, 5.74) is 1.75. The summed E-state index contributed by atoms with van der Waals surface area (Å²) in [7, 11) is 1.98. The van der Waals surface area contributed by atoms with Crippen molar-refractivity contribution in [2.24, 2.45) is 0 Å². The van der Waals surface area contributed by atoms with Gasteiger partial charge in [0.25, 0.3) is 0 Å². The van der Waals surface area contributed by atoms with Gasteiger partial charge in [0.1, 0.15) is 23.6 Å². The highest BCUT2D eigenvalue weighted by molar-refractivity contribution is 5.94. The van der Waals surface area contributed by atoms with Crippen LogP contribution in [0.2, 0.25) is 0 Å². The van der Waals surface area contributed by atoms with Crippen molar-refractivity contribution in [2.75, 3.05) is 25.1 Å². The molecule has 1 N–H and O–H groups in total. The maximum atomic E-state index is 12.9. The van der Waals surface area contributed by atoms with Crippen LogP contribution in [0.4, 0.5) is 5.82 Å². The van der Waals surface area contributed by atoms with Crippen LogP contribution in [0.1, 0.15) is 49.8 Å². The molecule has 0 unspecified atom stereocenters. The third kappa shape index (κ3) is 2.30. The number of hydrogen-bond acceptors (Lipinski definition) is 8. The number of H-pyrrole nitrogens is 1. The van der Waals surface area contributed by atoms with Crippen LogP contribution in [0, 0.1) is 0 Å². The van der Waals surface area contributed by atoms with Crippen LogP contribution in [0.5, 0.6) is 5.88 Å². The zero-order valence-electron chi connectivity index (χ0n) is 16.3. The molecule has 6 rings (SSSR count). The van der Waals surface area contributed by atoms with Gasteiger partial charge in [-0.1, -0.05) is 11.6 Å². The number of Topliss-reactive ketones (excluding diaryl/α,β-unsaturated/α-hetero) is 1. The lowest BCUT2D eigenvalue weighted by Crippen LogP contribution is -2.41. The number of aromatic amines is 1. The van der Waals surface area contributed by atoms with Gasteiger partial charge in [0.05, 0.1) is 12.0 Å². The van der Waals surface area contributed by atoms with Crippen LogP contribution in [0.3, 0.4) is 0 Å². The largest absolute Gasteiger partial charge is 0.474 e. The number of rotatable bonds is 1. The Morgan fingerprint density at radius 1 is 1.14 bits per heavy atom. The van der Waals surface area contributed by atoms with Crippen LogP contribution in [0.25, 0.3) is 22.6 Å². The second-order valence-electron chi connectivity index (χ2n) is 8.30. The second-order valence-corrected chi connectivity index (χ2v) is 8.30. The van der Waals surface area contributed by atoms with Crippen molar-refractivity contribution in [3.63, 3.8) is 0 Å². The van der Waals surface area contributed by atoms with E-state index in [1.807, 2.05) is 11.9 Å². The van der Waals surface area contributed by atoms with Crippen molar-refractivity contribution in [2.45, 2.75) is 50.4 Å². The Morgan fingerprint density at radius 2 is 2.03 bits per heavy atom. The van der Waals surface area contributed by atoms with Crippen molar-refractivity contribution in [3.8, 4) is 17.4 Å². The minimum atomic E-state index is -0.501. The molecule has 3 aliphatic rings. The van der Waals surface area contributed by atoms with Crippen LogP contribution in [-0.4, -0.2) is 51.3 Å². The van der Waals surface area contributed by atoms with Gasteiger partial charge in [-0.2, -0.15) is 0 Å². The molecule has 0 saturated heterocycles. The Balaban J connectivity index is 1.52. The summed E-state index contributed by atoms with van der Waals surface area (Å²) in [6.45, 7) is 1.24. The maximum absolute atomic E-state index is 12.9. The molecule has 0 bridgehead atoms. The molecule has 0 amide bonds. The number of nitrogens with zero attached hydrogens (tertiary/aromatic N) is 5. The molecule has 1 spiro atoms. The smallest absolute Gasteiger partial charge is 0.246 e. The monoisotopic (exact) mass is 394 g/mol. The normalized spacial score (nSPS) is 23.9. The van der Waals surface area contributed by atoms with E-state index in [2.05, 4.69) is 20.3 Å². The zero-order valence-corrected chi connectivity index (χ0v) is 16.3. The van der Waals surface area contributed by atoms with E-state index in [9.17, 15) is 4.79 Å². The zero-order chi connectivity index (χ0) is 19.6. The van der Waals surface area contributed by atoms with E-state index < -0.39 is 5.41 Å². The molecule has 3 aromatic rings. The number of likely N-dealkylation sites (N-methyl/N-ethyl adjacent to an activating group) is 1. The van der Waals surface area contributed by atoms with E-state index in [4.69, 9.17) is 14.2 Å². The van der Waals surface area contributed by atoms with E-state index in [-0.39, 0.29) is 0 Å². The first-order valence-corrected chi connectivity index (χ1v) is 10.3. The van der Waals surface area contributed by atoms with E-state index in [0.29, 0.717) is 48.4 Å². The lowest BCUT2D eigenvalue weighted by atomic mass is 9.64. The molecular formula is C20H22N6O3. The van der Waals surface area contributed by atoms with Crippen molar-refractivity contribution >= 4 is 22.6 Å². The summed E-state index contributed by atoms with van der Waals surface area (Å²) in [5, 5.41) is 12.3. The molecule has 1 aliphatic heterocycles. The van der Waals surface area contributed by atoms with E-state index in [0.717, 1.165) is 61.1 Å². The number of hydrogen-bond donors (Lipinski definition) is 1. The van der Waals surface area contributed by atoms with Crippen LogP contribution in [-0.2, 0) is 16.6 Å². The van der Waals surface area contributed by atoms with Crippen LogP contribution >= 0.6 is 0 Å². The van der Waals surface area contributed by atoms with Gasteiger partial charge in [0.2, 0.25) is 5.88 Å². The summed E-state index contributed by atoms with van der Waals surface area (Å²) < 4.78 is 11.5. The van der Waals surface area contributed by atoms with Crippen molar-refractivity contribution in [1.82, 2.24) is 25.3 Å². The van der Waals surface area contributed by atoms with Crippen LogP contribution < -0.4 is 9.64 Å². The van der Waals surface area contributed by atoms with Gasteiger partial charge >= 0.3 is 0 Å². The Bertz CT molecular complexity index is 1130. The van der Waals surface area contributed by atoms with Crippen molar-refractivity contribution in [3.05, 3.63) is 11.3 Å². The fourth-order valence-electron chi connectivity index (χ4n) is 5.13. The predicted molar refractivity (Wildman–Crippen MR) is 104 cm³/mol. The average molecular weight is 394 g/mol. The number of nitrogens with one attached hydrogen (secondary N) is 1. The standard InChI is InChI=1S/C20H22N6O3/c1-26-9-10-28-19-13-16(23-24-19)21-17(22-18(13)26)14-11-5-4-8-20(15(11)29-25-14)7-3-2-6-12(20)27/h2-10H2,1H3,(H,21,22,23,24)/t20-/m1/s1. The molecule has 2 aliphatic carbocycles. The van der Waals surface area contributed by atoms with Gasteiger partial charge in [-0.25, -0.2) is 9.97 Å². The Hall–Kier alpha value is -2.97. The first-order chi connectivity index (χ1) is 14.2. The Labute approximate surface area is 166 Å². The SMILES string of the molecule is CN1CCOc2n[nH]c3nc(-c4noc5c4CCC[C@@]54CCCCC4=O)nc1c23. The third-order valence-corrected chi connectivity index (χ3v) is 6.65. The summed E-state index contributed by atoms with van der Waals surface area (Å²) >= 11 is 0. The highest BCUT2D eigenvalue weighted by Gasteiger charge is 2.48. The Kier molecular flexibility index (Phi) is 3.51. The summed E-state index contributed by atoms with van der Waals surface area (Å²) in [6.07, 6.45) is 6.12. The molecular weight excluding hydrogens is 372 g/mol. The number of ketones is 1. The number of carbonyl (C=O) groups is 1. The quantitative estimate of drug-likeness (QED) is 0.670. The molecule has 4 heterocycles. The lowest BCUT2D eigenvalue weighted by molar-refractivity contribution is -0.128. The first kappa shape index (κ1) is 16.9. The van der Waals surface area contributed by atoms with Gasteiger partial charge < -0.3 is 14.2 Å². The average Bonchev–Trinajstić information content (AvgIpc) is 3.30. The fraction of sp³-hybridized carbons (Fsp3) is 0.550. The molecule has 9 heteroatoms. The topological polar surface area (TPSA) is 110 Å². The van der Waals surface area contributed by atoms with Crippen molar-refractivity contribution < 1.29 is 14.1 Å². The van der Waals surface area contributed by atoms with Crippen molar-refractivity contribution in [1.29, 1.82) is 0 Å². The molecule has 3 aromatic heterocycles. The predicted octanol–water partition coefficient (Wildman–Crippen LogP) is 2.55. The molecule has 0 aromatic carbocycles. The molecule has 1 fully saturated rings. The summed E-state index contributed by atoms with van der Waals surface area (Å²) in [4.78, 5) is 24.4. The van der Waals surface area contributed by atoms with Gasteiger partial charge in [-0.15, -0.1) is 5.10 Å². The molecule has 0 radical (unpaired) electrons. The van der Waals surface area contributed by atoms with Gasteiger partial charge in [-0.05, 0) is 32.1 Å². The maximum Gasteiger partial charge on any atom is 0.246 e. The van der Waals surface area contributed by atoms with Gasteiger partial charge in [0, 0.05) is 19.0 Å².